The Balaban J connectivity index is 1.56. The Kier molecular flexibility index (Phi) is 6.13. The van der Waals surface area contributed by atoms with Gasteiger partial charge in [0.2, 0.25) is 11.8 Å². The second-order valence-electron chi connectivity index (χ2n) is 6.01. The topological polar surface area (TPSA) is 77.2 Å². The minimum Gasteiger partial charge on any atom is -0.497 e. The van der Waals surface area contributed by atoms with E-state index < -0.39 is 0 Å². The summed E-state index contributed by atoms with van der Waals surface area (Å²) in [6, 6.07) is 15.4. The Bertz CT molecular complexity index is 909. The van der Waals surface area contributed by atoms with Crippen LogP contribution < -0.4 is 10.1 Å². The molecule has 0 fully saturated rings. The Morgan fingerprint density at radius 3 is 2.63 bits per heavy atom. The number of hydrogen-bond donors (Lipinski definition) is 1. The summed E-state index contributed by atoms with van der Waals surface area (Å²) in [4.78, 5) is 12.3. The number of aryl methyl sites for hydroxylation is 1. The number of benzene rings is 2. The van der Waals surface area contributed by atoms with Gasteiger partial charge in [-0.1, -0.05) is 42.1 Å². The third-order valence-corrected chi connectivity index (χ3v) is 4.99. The van der Waals surface area contributed by atoms with Crippen LogP contribution in [-0.2, 0) is 11.3 Å². The van der Waals surface area contributed by atoms with Crippen LogP contribution in [0.3, 0.4) is 0 Å². The van der Waals surface area contributed by atoms with E-state index in [1.807, 2.05) is 62.4 Å². The van der Waals surface area contributed by atoms with Crippen LogP contribution in [0.15, 0.2) is 58.2 Å². The number of carbonyl (C=O) groups excluding carboxylic acids is 1. The molecule has 0 spiro atoms. The maximum atomic E-state index is 12.3. The van der Waals surface area contributed by atoms with E-state index >= 15 is 0 Å². The Labute approximate surface area is 162 Å². The minimum atomic E-state index is -0.353. The first-order valence-electron chi connectivity index (χ1n) is 8.53. The zero-order valence-corrected chi connectivity index (χ0v) is 16.2. The van der Waals surface area contributed by atoms with Gasteiger partial charge in [-0.25, -0.2) is 0 Å². The second-order valence-corrected chi connectivity index (χ2v) is 7.31. The number of rotatable bonds is 7. The molecule has 0 aliphatic carbocycles. The van der Waals surface area contributed by atoms with Crippen LogP contribution in [0, 0.1) is 6.92 Å². The van der Waals surface area contributed by atoms with Crippen molar-refractivity contribution in [1.82, 2.24) is 15.5 Å². The number of carbonyl (C=O) groups is 1. The summed E-state index contributed by atoms with van der Waals surface area (Å²) in [5.74, 6) is 1.16. The average Bonchev–Trinajstić information content (AvgIpc) is 3.15. The Morgan fingerprint density at radius 1 is 1.19 bits per heavy atom. The number of methoxy groups -OCH3 is 1. The lowest BCUT2D eigenvalue weighted by Gasteiger charge is -2.10. The van der Waals surface area contributed by atoms with Crippen molar-refractivity contribution < 1.29 is 13.9 Å². The fourth-order valence-electron chi connectivity index (χ4n) is 2.46. The van der Waals surface area contributed by atoms with E-state index in [1.165, 1.54) is 11.8 Å². The first kappa shape index (κ1) is 19.0. The highest BCUT2D eigenvalue weighted by molar-refractivity contribution is 8.00. The van der Waals surface area contributed by atoms with Gasteiger partial charge in [0.25, 0.3) is 5.22 Å². The van der Waals surface area contributed by atoms with E-state index in [0.29, 0.717) is 17.7 Å². The molecule has 0 aliphatic rings. The number of thioether (sulfide) groups is 1. The monoisotopic (exact) mass is 383 g/mol. The molecule has 27 heavy (non-hydrogen) atoms. The van der Waals surface area contributed by atoms with E-state index in [0.717, 1.165) is 22.4 Å². The molecule has 0 bridgehead atoms. The molecule has 140 valence electrons. The molecule has 1 aromatic heterocycles. The lowest BCUT2D eigenvalue weighted by molar-refractivity contribution is -0.120. The zero-order chi connectivity index (χ0) is 19.2. The molecule has 2 aromatic carbocycles. The van der Waals surface area contributed by atoms with Gasteiger partial charge in [-0.3, -0.25) is 4.79 Å². The van der Waals surface area contributed by atoms with Gasteiger partial charge in [0.05, 0.1) is 12.4 Å². The van der Waals surface area contributed by atoms with Gasteiger partial charge in [0, 0.05) is 12.1 Å². The molecule has 3 aromatic rings. The van der Waals surface area contributed by atoms with Crippen molar-refractivity contribution in [3.8, 4) is 17.2 Å². The maximum absolute atomic E-state index is 12.3. The molecule has 0 unspecified atom stereocenters. The van der Waals surface area contributed by atoms with E-state index in [2.05, 4.69) is 15.5 Å². The average molecular weight is 383 g/mol. The summed E-state index contributed by atoms with van der Waals surface area (Å²) in [5, 5.41) is 11.1. The fourth-order valence-corrected chi connectivity index (χ4v) is 3.17. The molecule has 0 radical (unpaired) electrons. The van der Waals surface area contributed by atoms with Crippen molar-refractivity contribution in [2.24, 2.45) is 0 Å². The van der Waals surface area contributed by atoms with Crippen LogP contribution in [0.1, 0.15) is 18.1 Å². The molecule has 7 heteroatoms. The first-order valence-corrected chi connectivity index (χ1v) is 9.41. The Hall–Kier alpha value is -2.80. The number of hydrogen-bond acceptors (Lipinski definition) is 6. The first-order chi connectivity index (χ1) is 13.1. The maximum Gasteiger partial charge on any atom is 0.277 e. The molecule has 6 nitrogen and oxygen atoms in total. The largest absolute Gasteiger partial charge is 0.497 e. The van der Waals surface area contributed by atoms with Crippen molar-refractivity contribution in [2.45, 2.75) is 30.9 Å². The summed E-state index contributed by atoms with van der Waals surface area (Å²) >= 11 is 1.24. The van der Waals surface area contributed by atoms with Crippen LogP contribution in [0.4, 0.5) is 0 Å². The van der Waals surface area contributed by atoms with Crippen LogP contribution in [0.5, 0.6) is 5.75 Å². The van der Waals surface area contributed by atoms with E-state index in [-0.39, 0.29) is 11.2 Å². The number of ether oxygens (including phenoxy) is 1. The van der Waals surface area contributed by atoms with Crippen molar-refractivity contribution in [2.75, 3.05) is 7.11 Å². The van der Waals surface area contributed by atoms with Crippen LogP contribution >= 0.6 is 11.8 Å². The molecule has 1 atom stereocenters. The molecule has 0 saturated carbocycles. The summed E-state index contributed by atoms with van der Waals surface area (Å²) in [7, 11) is 1.62. The molecule has 1 amide bonds. The summed E-state index contributed by atoms with van der Waals surface area (Å²) in [6.45, 7) is 4.25. The second kappa shape index (κ2) is 8.73. The Morgan fingerprint density at radius 2 is 1.93 bits per heavy atom. The predicted molar refractivity (Wildman–Crippen MR) is 105 cm³/mol. The lowest BCUT2D eigenvalue weighted by atomic mass is 10.1. The van der Waals surface area contributed by atoms with Gasteiger partial charge in [-0.2, -0.15) is 0 Å². The predicted octanol–water partition coefficient (Wildman–Crippen LogP) is 3.85. The van der Waals surface area contributed by atoms with Crippen molar-refractivity contribution in [1.29, 1.82) is 0 Å². The van der Waals surface area contributed by atoms with Crippen LogP contribution in [-0.4, -0.2) is 28.5 Å². The van der Waals surface area contributed by atoms with Crippen LogP contribution in [0.25, 0.3) is 11.5 Å². The minimum absolute atomic E-state index is 0.0912. The van der Waals surface area contributed by atoms with Gasteiger partial charge >= 0.3 is 0 Å². The van der Waals surface area contributed by atoms with Gasteiger partial charge < -0.3 is 14.5 Å². The van der Waals surface area contributed by atoms with Gasteiger partial charge in [0.15, 0.2) is 0 Å². The highest BCUT2D eigenvalue weighted by Gasteiger charge is 2.19. The SMILES string of the molecule is COc1ccc(CNC(=O)[C@H](C)Sc2nnc(-c3ccccc3C)o2)cc1. The van der Waals surface area contributed by atoms with Gasteiger partial charge in [-0.05, 0) is 43.2 Å². The zero-order valence-electron chi connectivity index (χ0n) is 15.4. The summed E-state index contributed by atoms with van der Waals surface area (Å²) in [6.07, 6.45) is 0. The molecule has 0 aliphatic heterocycles. The van der Waals surface area contributed by atoms with E-state index in [9.17, 15) is 4.79 Å². The molecule has 1 heterocycles. The molecule has 0 saturated heterocycles. The van der Waals surface area contributed by atoms with Gasteiger partial charge in [0.1, 0.15) is 5.75 Å². The quantitative estimate of drug-likeness (QED) is 0.625. The molecule has 1 N–H and O–H groups in total. The van der Waals surface area contributed by atoms with Crippen molar-refractivity contribution >= 4 is 17.7 Å². The number of nitrogens with zero attached hydrogens (tertiary/aromatic N) is 2. The number of aromatic nitrogens is 2. The highest BCUT2D eigenvalue weighted by atomic mass is 32.2. The van der Waals surface area contributed by atoms with Crippen molar-refractivity contribution in [3.63, 3.8) is 0 Å². The van der Waals surface area contributed by atoms with Crippen molar-refractivity contribution in [3.05, 3.63) is 59.7 Å². The third-order valence-electron chi connectivity index (χ3n) is 4.05. The standard InChI is InChI=1S/C20H21N3O3S/c1-13-6-4-5-7-17(13)19-22-23-20(26-19)27-14(2)18(24)21-12-15-8-10-16(25-3)11-9-15/h4-11,14H,12H2,1-3H3,(H,21,24)/t14-/m0/s1. The molecule has 3 rings (SSSR count). The molecular weight excluding hydrogens is 362 g/mol. The normalized spacial score (nSPS) is 11.8. The highest BCUT2D eigenvalue weighted by Crippen LogP contribution is 2.27. The fraction of sp³-hybridized carbons (Fsp3) is 0.250. The summed E-state index contributed by atoms with van der Waals surface area (Å²) in [5.41, 5.74) is 2.96. The number of amides is 1. The van der Waals surface area contributed by atoms with Crippen LogP contribution in [0.2, 0.25) is 0 Å². The summed E-state index contributed by atoms with van der Waals surface area (Å²) < 4.78 is 10.8. The lowest BCUT2D eigenvalue weighted by Crippen LogP contribution is -2.30. The van der Waals surface area contributed by atoms with Gasteiger partial charge in [-0.15, -0.1) is 10.2 Å². The molecular formula is C20H21N3O3S. The van der Waals surface area contributed by atoms with E-state index in [4.69, 9.17) is 9.15 Å². The number of nitrogens with one attached hydrogen (secondary N) is 1. The third kappa shape index (κ3) is 4.89. The van der Waals surface area contributed by atoms with E-state index in [1.54, 1.807) is 7.11 Å². The smallest absolute Gasteiger partial charge is 0.277 e.